The Kier molecular flexibility index (Phi) is 5.53. The van der Waals surface area contributed by atoms with Crippen molar-refractivity contribution < 1.29 is 24.6 Å². The SMILES string of the molecule is CCNC(=O)CN(C)C(=O)Nc1ccc(C(=O)O)c(O)c1. The van der Waals surface area contributed by atoms with Gasteiger partial charge in [-0.2, -0.15) is 0 Å². The number of carbonyl (C=O) groups excluding carboxylic acids is 2. The van der Waals surface area contributed by atoms with Crippen molar-refractivity contribution in [3.8, 4) is 5.75 Å². The first kappa shape index (κ1) is 16.3. The third-order valence-electron chi connectivity index (χ3n) is 2.58. The molecule has 0 aliphatic rings. The van der Waals surface area contributed by atoms with Gasteiger partial charge in [0.1, 0.15) is 17.9 Å². The van der Waals surface area contributed by atoms with E-state index < -0.39 is 17.7 Å². The van der Waals surface area contributed by atoms with Crippen LogP contribution in [-0.2, 0) is 4.79 Å². The van der Waals surface area contributed by atoms with Gasteiger partial charge in [0.2, 0.25) is 5.91 Å². The molecule has 0 spiro atoms. The quantitative estimate of drug-likeness (QED) is 0.637. The van der Waals surface area contributed by atoms with E-state index in [1.807, 2.05) is 0 Å². The highest BCUT2D eigenvalue weighted by molar-refractivity contribution is 5.95. The minimum atomic E-state index is -1.27. The van der Waals surface area contributed by atoms with Gasteiger partial charge in [0.25, 0.3) is 0 Å². The fraction of sp³-hybridized carbons (Fsp3) is 0.308. The second-order valence-electron chi connectivity index (χ2n) is 4.28. The first-order chi connectivity index (χ1) is 9.85. The molecule has 1 aromatic carbocycles. The summed E-state index contributed by atoms with van der Waals surface area (Å²) in [4.78, 5) is 35.1. The fourth-order valence-electron chi connectivity index (χ4n) is 1.55. The molecule has 1 rings (SSSR count). The molecular weight excluding hydrogens is 278 g/mol. The lowest BCUT2D eigenvalue weighted by Crippen LogP contribution is -2.40. The van der Waals surface area contributed by atoms with Crippen LogP contribution in [0.4, 0.5) is 10.5 Å². The summed E-state index contributed by atoms with van der Waals surface area (Å²) >= 11 is 0. The summed E-state index contributed by atoms with van der Waals surface area (Å²) in [5, 5.41) is 23.3. The van der Waals surface area contributed by atoms with E-state index in [-0.39, 0.29) is 23.7 Å². The zero-order chi connectivity index (χ0) is 16.0. The second-order valence-corrected chi connectivity index (χ2v) is 4.28. The number of carboxylic acid groups (broad SMARTS) is 1. The number of hydrogen-bond acceptors (Lipinski definition) is 4. The Balaban J connectivity index is 2.68. The number of carboxylic acids is 1. The van der Waals surface area contributed by atoms with Gasteiger partial charge in [-0.15, -0.1) is 0 Å². The number of nitrogens with zero attached hydrogens (tertiary/aromatic N) is 1. The lowest BCUT2D eigenvalue weighted by Gasteiger charge is -2.17. The maximum absolute atomic E-state index is 11.8. The standard InChI is InChI=1S/C13H17N3O5/c1-3-14-11(18)7-16(2)13(21)15-8-4-5-9(12(19)20)10(17)6-8/h4-6,17H,3,7H2,1-2H3,(H,14,18)(H,15,21)(H,19,20). The van der Waals surface area contributed by atoms with Gasteiger partial charge < -0.3 is 25.7 Å². The average molecular weight is 295 g/mol. The van der Waals surface area contributed by atoms with E-state index >= 15 is 0 Å². The van der Waals surface area contributed by atoms with Crippen molar-refractivity contribution in [1.82, 2.24) is 10.2 Å². The number of anilines is 1. The van der Waals surface area contributed by atoms with Gasteiger partial charge in [-0.25, -0.2) is 9.59 Å². The summed E-state index contributed by atoms with van der Waals surface area (Å²) in [5.41, 5.74) is -0.0334. The van der Waals surface area contributed by atoms with Gasteiger partial charge in [-0.3, -0.25) is 4.79 Å². The van der Waals surface area contributed by atoms with Crippen molar-refractivity contribution in [3.05, 3.63) is 23.8 Å². The van der Waals surface area contributed by atoms with Crippen LogP contribution in [-0.4, -0.2) is 53.2 Å². The second kappa shape index (κ2) is 7.13. The minimum Gasteiger partial charge on any atom is -0.507 e. The van der Waals surface area contributed by atoms with Crippen LogP contribution in [0.3, 0.4) is 0 Å². The van der Waals surface area contributed by atoms with Gasteiger partial charge >= 0.3 is 12.0 Å². The molecule has 0 fully saturated rings. The van der Waals surface area contributed by atoms with Crippen LogP contribution in [0.15, 0.2) is 18.2 Å². The monoisotopic (exact) mass is 295 g/mol. The molecule has 0 radical (unpaired) electrons. The molecule has 0 aliphatic heterocycles. The number of aromatic carboxylic acids is 1. The predicted molar refractivity (Wildman–Crippen MR) is 75.4 cm³/mol. The summed E-state index contributed by atoms with van der Waals surface area (Å²) in [7, 11) is 1.44. The minimum absolute atomic E-state index is 0.112. The van der Waals surface area contributed by atoms with Gasteiger partial charge in [0.15, 0.2) is 0 Å². The maximum Gasteiger partial charge on any atom is 0.339 e. The van der Waals surface area contributed by atoms with Crippen LogP contribution in [0.5, 0.6) is 5.75 Å². The van der Waals surface area contributed by atoms with Crippen LogP contribution >= 0.6 is 0 Å². The molecule has 3 amide bonds. The highest BCUT2D eigenvalue weighted by atomic mass is 16.4. The molecular formula is C13H17N3O5. The van der Waals surface area contributed by atoms with Gasteiger partial charge in [0.05, 0.1) is 0 Å². The van der Waals surface area contributed by atoms with Crippen molar-refractivity contribution >= 4 is 23.6 Å². The topological polar surface area (TPSA) is 119 Å². The van der Waals surface area contributed by atoms with Crippen molar-refractivity contribution in [2.75, 3.05) is 25.5 Å². The van der Waals surface area contributed by atoms with E-state index in [9.17, 15) is 19.5 Å². The number of carbonyl (C=O) groups is 3. The molecule has 0 aliphatic carbocycles. The first-order valence-electron chi connectivity index (χ1n) is 6.20. The van der Waals surface area contributed by atoms with Gasteiger partial charge in [-0.1, -0.05) is 0 Å². The molecule has 0 saturated carbocycles. The van der Waals surface area contributed by atoms with Crippen molar-refractivity contribution in [3.63, 3.8) is 0 Å². The predicted octanol–water partition coefficient (Wildman–Crippen LogP) is 0.690. The third kappa shape index (κ3) is 4.68. The molecule has 0 unspecified atom stereocenters. The molecule has 0 bridgehead atoms. The number of urea groups is 1. The number of nitrogens with one attached hydrogen (secondary N) is 2. The molecule has 4 N–H and O–H groups in total. The van der Waals surface area contributed by atoms with Crippen LogP contribution < -0.4 is 10.6 Å². The molecule has 114 valence electrons. The summed E-state index contributed by atoms with van der Waals surface area (Å²) in [5.74, 6) is -2.01. The fourth-order valence-corrected chi connectivity index (χ4v) is 1.55. The molecule has 8 heteroatoms. The molecule has 8 nitrogen and oxygen atoms in total. The number of hydrogen-bond donors (Lipinski definition) is 4. The van der Waals surface area contributed by atoms with Crippen molar-refractivity contribution in [1.29, 1.82) is 0 Å². The number of benzene rings is 1. The normalized spacial score (nSPS) is 9.81. The third-order valence-corrected chi connectivity index (χ3v) is 2.58. The molecule has 0 aromatic heterocycles. The Labute approximate surface area is 121 Å². The summed E-state index contributed by atoms with van der Waals surface area (Å²) in [6.45, 7) is 2.13. The number of rotatable bonds is 5. The van der Waals surface area contributed by atoms with E-state index in [0.717, 1.165) is 11.0 Å². The van der Waals surface area contributed by atoms with Crippen molar-refractivity contribution in [2.45, 2.75) is 6.92 Å². The van der Waals surface area contributed by atoms with E-state index in [2.05, 4.69) is 10.6 Å². The largest absolute Gasteiger partial charge is 0.507 e. The number of amides is 3. The van der Waals surface area contributed by atoms with Crippen LogP contribution in [0, 0.1) is 0 Å². The van der Waals surface area contributed by atoms with E-state index in [1.165, 1.54) is 19.2 Å². The van der Waals surface area contributed by atoms with Crippen LogP contribution in [0.1, 0.15) is 17.3 Å². The lowest BCUT2D eigenvalue weighted by atomic mass is 10.2. The van der Waals surface area contributed by atoms with E-state index in [0.29, 0.717) is 6.54 Å². The Morgan fingerprint density at radius 1 is 1.29 bits per heavy atom. The first-order valence-corrected chi connectivity index (χ1v) is 6.20. The summed E-state index contributed by atoms with van der Waals surface area (Å²) in [6.07, 6.45) is 0. The molecule has 0 atom stereocenters. The number of aromatic hydroxyl groups is 1. The summed E-state index contributed by atoms with van der Waals surface area (Å²) in [6, 6.07) is 3.10. The van der Waals surface area contributed by atoms with Crippen LogP contribution in [0.2, 0.25) is 0 Å². The van der Waals surface area contributed by atoms with E-state index in [1.54, 1.807) is 6.92 Å². The van der Waals surface area contributed by atoms with E-state index in [4.69, 9.17) is 5.11 Å². The molecule has 0 saturated heterocycles. The zero-order valence-electron chi connectivity index (χ0n) is 11.7. The van der Waals surface area contributed by atoms with Crippen molar-refractivity contribution in [2.24, 2.45) is 0 Å². The lowest BCUT2D eigenvalue weighted by molar-refractivity contribution is -0.121. The zero-order valence-corrected chi connectivity index (χ0v) is 11.7. The number of likely N-dealkylation sites (N-methyl/N-ethyl adjacent to an activating group) is 2. The molecule has 21 heavy (non-hydrogen) atoms. The Morgan fingerprint density at radius 3 is 2.48 bits per heavy atom. The molecule has 1 aromatic rings. The van der Waals surface area contributed by atoms with Gasteiger partial charge in [-0.05, 0) is 19.1 Å². The molecule has 0 heterocycles. The maximum atomic E-state index is 11.8. The highest BCUT2D eigenvalue weighted by Crippen LogP contribution is 2.22. The number of phenols is 1. The Morgan fingerprint density at radius 2 is 1.95 bits per heavy atom. The Hall–Kier alpha value is -2.77. The highest BCUT2D eigenvalue weighted by Gasteiger charge is 2.14. The summed E-state index contributed by atoms with van der Waals surface area (Å²) < 4.78 is 0. The Bertz CT molecular complexity index is 559. The van der Waals surface area contributed by atoms with Gasteiger partial charge in [0, 0.05) is 25.3 Å². The average Bonchev–Trinajstić information content (AvgIpc) is 2.38. The smallest absolute Gasteiger partial charge is 0.339 e. The van der Waals surface area contributed by atoms with Crippen LogP contribution in [0.25, 0.3) is 0 Å².